The molecule has 7 heteroatoms. The van der Waals surface area contributed by atoms with Gasteiger partial charge in [-0.25, -0.2) is 0 Å². The second kappa shape index (κ2) is 8.85. The summed E-state index contributed by atoms with van der Waals surface area (Å²) >= 11 is 6.53. The number of carbonyl (C=O) groups excluding carboxylic acids is 1. The average Bonchev–Trinajstić information content (AvgIpc) is 3.18. The molecule has 6 nitrogen and oxygen atoms in total. The number of nitrogens with zero attached hydrogens (tertiary/aromatic N) is 2. The van der Waals surface area contributed by atoms with Gasteiger partial charge < -0.3 is 10.0 Å². The number of carbonyl (C=O) groups is 2. The van der Waals surface area contributed by atoms with Crippen LogP contribution in [0, 0.1) is 0 Å². The number of carboxylic acids is 1. The summed E-state index contributed by atoms with van der Waals surface area (Å²) < 4.78 is 0. The fourth-order valence-electron chi connectivity index (χ4n) is 3.63. The third-order valence-electron chi connectivity index (χ3n) is 5.56. The molecule has 0 unspecified atom stereocenters. The van der Waals surface area contributed by atoms with Gasteiger partial charge in [-0.1, -0.05) is 48.0 Å². The van der Waals surface area contributed by atoms with Crippen molar-refractivity contribution in [1.29, 1.82) is 0 Å². The molecule has 0 fully saturated rings. The lowest BCUT2D eigenvalue weighted by Crippen LogP contribution is -2.22. The van der Waals surface area contributed by atoms with Crippen LogP contribution in [0.5, 0.6) is 0 Å². The molecule has 0 aliphatic heterocycles. The predicted octanol–water partition coefficient (Wildman–Crippen LogP) is 5.55. The summed E-state index contributed by atoms with van der Waals surface area (Å²) in [5, 5.41) is 17.6. The standard InChI is InChI=1S/C25H22ClN3O3/c1-15(30)29(2)19-9-7-17(8-10-19)16-3-5-18(6-4-16)20-13-21-23(11-12-25(31)32)27-28-24(21)14-22(20)26/h3-10,13-14H,11-12H2,1-2H3,(H,27,28)(H,31,32). The van der Waals surface area contributed by atoms with Crippen molar-refractivity contribution in [2.75, 3.05) is 11.9 Å². The van der Waals surface area contributed by atoms with Gasteiger partial charge >= 0.3 is 5.97 Å². The quantitative estimate of drug-likeness (QED) is 0.405. The summed E-state index contributed by atoms with van der Waals surface area (Å²) in [6.45, 7) is 1.54. The smallest absolute Gasteiger partial charge is 0.303 e. The summed E-state index contributed by atoms with van der Waals surface area (Å²) in [5.41, 5.74) is 6.26. The van der Waals surface area contributed by atoms with Crippen LogP contribution in [0.2, 0.25) is 5.02 Å². The number of benzene rings is 3. The zero-order valence-corrected chi connectivity index (χ0v) is 18.5. The van der Waals surface area contributed by atoms with Crippen LogP contribution in [0.3, 0.4) is 0 Å². The van der Waals surface area contributed by atoms with Crippen molar-refractivity contribution in [2.45, 2.75) is 19.8 Å². The molecule has 1 aromatic heterocycles. The van der Waals surface area contributed by atoms with E-state index in [-0.39, 0.29) is 12.3 Å². The molecule has 32 heavy (non-hydrogen) atoms. The van der Waals surface area contributed by atoms with Crippen LogP contribution in [0.25, 0.3) is 33.2 Å². The summed E-state index contributed by atoms with van der Waals surface area (Å²) in [5.74, 6) is -0.869. The number of aromatic nitrogens is 2. The maximum atomic E-state index is 11.5. The van der Waals surface area contributed by atoms with Crippen molar-refractivity contribution >= 4 is 40.1 Å². The minimum absolute atomic E-state index is 0.0142. The SMILES string of the molecule is CC(=O)N(C)c1ccc(-c2ccc(-c3cc4c(CCC(=O)O)n[nH]c4cc3Cl)cc2)cc1. The van der Waals surface area contributed by atoms with E-state index in [0.717, 1.165) is 38.8 Å². The number of halogens is 1. The topological polar surface area (TPSA) is 86.3 Å². The molecule has 0 bridgehead atoms. The van der Waals surface area contributed by atoms with Gasteiger partial charge in [0.15, 0.2) is 0 Å². The first-order valence-corrected chi connectivity index (χ1v) is 10.5. The molecule has 0 radical (unpaired) electrons. The first kappa shape index (κ1) is 21.6. The van der Waals surface area contributed by atoms with Crippen LogP contribution in [0.4, 0.5) is 5.69 Å². The molecular formula is C25H22ClN3O3. The highest BCUT2D eigenvalue weighted by Crippen LogP contribution is 2.34. The summed E-state index contributed by atoms with van der Waals surface area (Å²) in [4.78, 5) is 24.1. The van der Waals surface area contributed by atoms with Crippen LogP contribution >= 0.6 is 11.6 Å². The van der Waals surface area contributed by atoms with E-state index < -0.39 is 5.97 Å². The largest absolute Gasteiger partial charge is 0.481 e. The minimum atomic E-state index is -0.855. The number of hydrogen-bond acceptors (Lipinski definition) is 3. The number of hydrogen-bond donors (Lipinski definition) is 2. The van der Waals surface area contributed by atoms with Crippen LogP contribution < -0.4 is 4.90 Å². The number of aryl methyl sites for hydroxylation is 1. The molecule has 162 valence electrons. The lowest BCUT2D eigenvalue weighted by atomic mass is 9.98. The molecule has 0 aliphatic rings. The number of aliphatic carboxylic acids is 1. The fourth-order valence-corrected chi connectivity index (χ4v) is 3.90. The van der Waals surface area contributed by atoms with Crippen LogP contribution in [0.1, 0.15) is 19.0 Å². The molecule has 3 aromatic carbocycles. The molecule has 4 rings (SSSR count). The molecule has 0 saturated heterocycles. The Morgan fingerprint density at radius 2 is 1.59 bits per heavy atom. The molecular weight excluding hydrogens is 426 g/mol. The fraction of sp³-hybridized carbons (Fsp3) is 0.160. The van der Waals surface area contributed by atoms with Gasteiger partial charge in [0, 0.05) is 37.0 Å². The molecule has 1 heterocycles. The van der Waals surface area contributed by atoms with E-state index in [1.165, 1.54) is 6.92 Å². The Bertz CT molecular complexity index is 1290. The molecule has 4 aromatic rings. The Hall–Kier alpha value is -3.64. The molecule has 0 saturated carbocycles. The van der Waals surface area contributed by atoms with Gasteiger partial charge in [0.25, 0.3) is 0 Å². The molecule has 0 atom stereocenters. The number of anilines is 1. The third kappa shape index (κ3) is 4.36. The normalized spacial score (nSPS) is 11.0. The van der Waals surface area contributed by atoms with Gasteiger partial charge in [-0.05, 0) is 41.0 Å². The Kier molecular flexibility index (Phi) is 5.97. The van der Waals surface area contributed by atoms with Crippen LogP contribution in [0.15, 0.2) is 60.7 Å². The van der Waals surface area contributed by atoms with E-state index in [4.69, 9.17) is 16.7 Å². The lowest BCUT2D eigenvalue weighted by molar-refractivity contribution is -0.137. The van der Waals surface area contributed by atoms with Crippen molar-refractivity contribution in [1.82, 2.24) is 10.2 Å². The van der Waals surface area contributed by atoms with E-state index in [9.17, 15) is 9.59 Å². The molecule has 2 N–H and O–H groups in total. The van der Waals surface area contributed by atoms with Crippen molar-refractivity contribution in [3.8, 4) is 22.3 Å². The van der Waals surface area contributed by atoms with Gasteiger partial charge in [0.1, 0.15) is 0 Å². The van der Waals surface area contributed by atoms with Gasteiger partial charge in [-0.15, -0.1) is 0 Å². The molecule has 0 spiro atoms. The van der Waals surface area contributed by atoms with E-state index in [2.05, 4.69) is 10.2 Å². The van der Waals surface area contributed by atoms with Gasteiger partial charge in [0.05, 0.1) is 22.7 Å². The van der Waals surface area contributed by atoms with E-state index in [0.29, 0.717) is 17.1 Å². The second-order valence-electron chi connectivity index (χ2n) is 7.64. The molecule has 1 amide bonds. The van der Waals surface area contributed by atoms with E-state index in [1.54, 1.807) is 11.9 Å². The Labute approximate surface area is 190 Å². The highest BCUT2D eigenvalue weighted by molar-refractivity contribution is 6.34. The van der Waals surface area contributed by atoms with Crippen LogP contribution in [-0.2, 0) is 16.0 Å². The number of H-pyrrole nitrogens is 1. The van der Waals surface area contributed by atoms with Gasteiger partial charge in [0.2, 0.25) is 5.91 Å². The zero-order chi connectivity index (χ0) is 22.8. The third-order valence-corrected chi connectivity index (χ3v) is 5.87. The number of amides is 1. The summed E-state index contributed by atoms with van der Waals surface area (Å²) in [6, 6.07) is 19.7. The maximum Gasteiger partial charge on any atom is 0.303 e. The minimum Gasteiger partial charge on any atom is -0.481 e. The van der Waals surface area contributed by atoms with Crippen molar-refractivity contribution < 1.29 is 14.7 Å². The van der Waals surface area contributed by atoms with E-state index in [1.807, 2.05) is 60.7 Å². The highest BCUT2D eigenvalue weighted by atomic mass is 35.5. The number of fused-ring (bicyclic) bond motifs is 1. The van der Waals surface area contributed by atoms with Crippen LogP contribution in [-0.4, -0.2) is 34.2 Å². The maximum absolute atomic E-state index is 11.5. The first-order valence-electron chi connectivity index (χ1n) is 10.2. The Morgan fingerprint density at radius 3 is 2.19 bits per heavy atom. The summed E-state index contributed by atoms with van der Waals surface area (Å²) in [7, 11) is 1.75. The lowest BCUT2D eigenvalue weighted by Gasteiger charge is -2.15. The van der Waals surface area contributed by atoms with Crippen molar-refractivity contribution in [3.05, 3.63) is 71.4 Å². The second-order valence-corrected chi connectivity index (χ2v) is 8.05. The predicted molar refractivity (Wildman–Crippen MR) is 127 cm³/mol. The van der Waals surface area contributed by atoms with E-state index >= 15 is 0 Å². The highest BCUT2D eigenvalue weighted by Gasteiger charge is 2.13. The Morgan fingerprint density at radius 1 is 1.00 bits per heavy atom. The number of nitrogens with one attached hydrogen (secondary N) is 1. The van der Waals surface area contributed by atoms with Crippen molar-refractivity contribution in [3.63, 3.8) is 0 Å². The first-order chi connectivity index (χ1) is 15.3. The number of rotatable bonds is 6. The number of carboxylic acid groups (broad SMARTS) is 1. The number of aromatic amines is 1. The Balaban J connectivity index is 1.62. The zero-order valence-electron chi connectivity index (χ0n) is 17.7. The molecule has 0 aliphatic carbocycles. The van der Waals surface area contributed by atoms with Gasteiger partial charge in [-0.2, -0.15) is 5.10 Å². The van der Waals surface area contributed by atoms with Gasteiger partial charge in [-0.3, -0.25) is 14.7 Å². The van der Waals surface area contributed by atoms with Crippen molar-refractivity contribution in [2.24, 2.45) is 0 Å². The average molecular weight is 448 g/mol. The monoisotopic (exact) mass is 447 g/mol. The summed E-state index contributed by atoms with van der Waals surface area (Å²) in [6.07, 6.45) is 0.373.